The summed E-state index contributed by atoms with van der Waals surface area (Å²) in [6.07, 6.45) is 2.70. The van der Waals surface area contributed by atoms with Crippen molar-refractivity contribution in [1.82, 2.24) is 10.2 Å². The monoisotopic (exact) mass is 502 g/mol. The van der Waals surface area contributed by atoms with Crippen LogP contribution in [0.25, 0.3) is 0 Å². The predicted octanol–water partition coefficient (Wildman–Crippen LogP) is 4.22. The number of ether oxygens (including phenoxy) is 2. The molecule has 0 bridgehead atoms. The molecule has 1 saturated heterocycles. The topological polar surface area (TPSA) is 107 Å². The van der Waals surface area contributed by atoms with Crippen LogP contribution in [0.3, 0.4) is 0 Å². The number of piperidine rings is 1. The summed E-state index contributed by atoms with van der Waals surface area (Å²) in [5.41, 5.74) is -0.229. The fourth-order valence-electron chi connectivity index (χ4n) is 4.61. The normalized spacial score (nSPS) is 14.9. The Bertz CT molecular complexity index is 1320. The zero-order valence-corrected chi connectivity index (χ0v) is 20.4. The summed E-state index contributed by atoms with van der Waals surface area (Å²) in [4.78, 5) is 18.8. The Morgan fingerprint density at radius 2 is 1.81 bits per heavy atom. The largest absolute Gasteiger partial charge is 0.507 e. The molecule has 0 atom stereocenters. The number of likely N-dealkylation sites (tertiary alicyclic amines) is 1. The average molecular weight is 503 g/mol. The first-order valence-electron chi connectivity index (χ1n) is 11.8. The van der Waals surface area contributed by atoms with Crippen molar-refractivity contribution in [3.63, 3.8) is 0 Å². The Morgan fingerprint density at radius 1 is 1.11 bits per heavy atom. The van der Waals surface area contributed by atoms with Crippen molar-refractivity contribution in [2.75, 3.05) is 26.7 Å². The summed E-state index contributed by atoms with van der Waals surface area (Å²) in [6.45, 7) is 0.956. The number of amides is 1. The van der Waals surface area contributed by atoms with Crippen molar-refractivity contribution < 1.29 is 23.8 Å². The quantitative estimate of drug-likeness (QED) is 0.297. The van der Waals surface area contributed by atoms with Gasteiger partial charge in [0.2, 0.25) is 6.19 Å². The molecule has 1 fully saturated rings. The number of nitrogens with zero attached hydrogens (tertiary/aromatic N) is 3. The molecule has 4 rings (SSSR count). The van der Waals surface area contributed by atoms with E-state index in [0.29, 0.717) is 37.2 Å². The Morgan fingerprint density at radius 3 is 2.49 bits per heavy atom. The van der Waals surface area contributed by atoms with E-state index in [1.54, 1.807) is 48.7 Å². The van der Waals surface area contributed by atoms with E-state index < -0.39 is 11.3 Å². The lowest BCUT2D eigenvalue weighted by atomic mass is 9.72. The van der Waals surface area contributed by atoms with Crippen LogP contribution in [0, 0.1) is 17.3 Å². The van der Waals surface area contributed by atoms with Gasteiger partial charge in [-0.1, -0.05) is 42.5 Å². The molecule has 37 heavy (non-hydrogen) atoms. The minimum absolute atomic E-state index is 0.0193. The number of phenols is 1. The molecule has 0 aromatic heterocycles. The Kier molecular flexibility index (Phi) is 7.89. The van der Waals surface area contributed by atoms with Crippen molar-refractivity contribution in [3.8, 4) is 23.4 Å². The molecule has 1 heterocycles. The van der Waals surface area contributed by atoms with Crippen LogP contribution in [0.5, 0.6) is 17.2 Å². The van der Waals surface area contributed by atoms with E-state index in [4.69, 9.17) is 9.47 Å². The first-order chi connectivity index (χ1) is 18.0. The molecule has 3 aromatic carbocycles. The summed E-state index contributed by atoms with van der Waals surface area (Å²) in [7, 11) is 1.42. The summed E-state index contributed by atoms with van der Waals surface area (Å²) in [5.74, 6) is -0.306. The number of hydrogen-bond acceptors (Lipinski definition) is 6. The number of nitriles is 1. The summed E-state index contributed by atoms with van der Waals surface area (Å²) in [6, 6.07) is 20.3. The highest BCUT2D eigenvalue weighted by molar-refractivity contribution is 5.99. The maximum atomic E-state index is 15.0. The third-order valence-corrected chi connectivity index (χ3v) is 6.57. The van der Waals surface area contributed by atoms with E-state index in [1.807, 2.05) is 23.1 Å². The molecular formula is C28H27FN4O4. The highest BCUT2D eigenvalue weighted by Crippen LogP contribution is 2.37. The molecule has 190 valence electrons. The Balaban J connectivity index is 1.56. The molecule has 2 N–H and O–H groups in total. The standard InChI is InChI=1S/C28H27FN4O4/c1-36-24-13-7-12-23(34)25(24)26(35)31-18-28(21-10-5-6-11-22(21)29)14-16-33(17-15-28)27(32-19-30)37-20-8-3-2-4-9-20/h2-13,34H,14-18H2,1H3,(H,31,35)/b32-27-. The van der Waals surface area contributed by atoms with Crippen LogP contribution in [-0.2, 0) is 5.41 Å². The number of methoxy groups -OCH3 is 1. The number of aliphatic imine (C=N–C) groups is 1. The van der Waals surface area contributed by atoms with Gasteiger partial charge in [-0.15, -0.1) is 4.99 Å². The smallest absolute Gasteiger partial charge is 0.308 e. The van der Waals surface area contributed by atoms with Gasteiger partial charge in [0, 0.05) is 25.0 Å². The Labute approximate surface area is 214 Å². The van der Waals surface area contributed by atoms with Gasteiger partial charge in [-0.25, -0.2) is 4.39 Å². The van der Waals surface area contributed by atoms with Gasteiger partial charge in [-0.05, 0) is 48.7 Å². The zero-order valence-electron chi connectivity index (χ0n) is 20.4. The highest BCUT2D eigenvalue weighted by Gasteiger charge is 2.40. The molecule has 0 unspecified atom stereocenters. The molecule has 9 heteroatoms. The molecule has 1 amide bonds. The Hall–Kier alpha value is -4.58. The van der Waals surface area contributed by atoms with E-state index in [-0.39, 0.29) is 35.4 Å². The third-order valence-electron chi connectivity index (χ3n) is 6.57. The number of carbonyl (C=O) groups is 1. The van der Waals surface area contributed by atoms with E-state index >= 15 is 4.39 Å². The fraction of sp³-hybridized carbons (Fsp3) is 0.250. The molecule has 0 spiro atoms. The lowest BCUT2D eigenvalue weighted by Gasteiger charge is -2.42. The van der Waals surface area contributed by atoms with Crippen LogP contribution in [0.2, 0.25) is 0 Å². The molecular weight excluding hydrogens is 475 g/mol. The van der Waals surface area contributed by atoms with Crippen molar-refractivity contribution in [2.45, 2.75) is 18.3 Å². The number of para-hydroxylation sites is 1. The average Bonchev–Trinajstić information content (AvgIpc) is 2.92. The van der Waals surface area contributed by atoms with E-state index in [1.165, 1.54) is 19.2 Å². The summed E-state index contributed by atoms with van der Waals surface area (Å²) in [5, 5.41) is 22.4. The number of phenolic OH excluding ortho intramolecular Hbond substituents is 1. The number of aromatic hydroxyl groups is 1. The number of carbonyl (C=O) groups excluding carboxylic acids is 1. The van der Waals surface area contributed by atoms with E-state index in [2.05, 4.69) is 10.3 Å². The lowest BCUT2D eigenvalue weighted by molar-refractivity contribution is 0.0923. The van der Waals surface area contributed by atoms with Crippen LogP contribution in [0.15, 0.2) is 77.8 Å². The van der Waals surface area contributed by atoms with Gasteiger partial charge in [0.1, 0.15) is 28.6 Å². The number of halogens is 1. The van der Waals surface area contributed by atoms with Gasteiger partial charge in [-0.3, -0.25) is 4.79 Å². The molecule has 0 aliphatic carbocycles. The first kappa shape index (κ1) is 25.5. The van der Waals surface area contributed by atoms with Gasteiger partial charge >= 0.3 is 6.02 Å². The van der Waals surface area contributed by atoms with Crippen LogP contribution in [-0.4, -0.2) is 48.7 Å². The first-order valence-corrected chi connectivity index (χ1v) is 11.8. The molecule has 1 aliphatic heterocycles. The van der Waals surface area contributed by atoms with E-state index in [0.717, 1.165) is 0 Å². The van der Waals surface area contributed by atoms with Gasteiger partial charge in [-0.2, -0.15) is 5.26 Å². The van der Waals surface area contributed by atoms with Gasteiger partial charge < -0.3 is 24.8 Å². The SMILES string of the molecule is COc1cccc(O)c1C(=O)NCC1(c2ccccc2F)CCN(/C(=N/C#N)Oc2ccccc2)CC1. The fourth-order valence-corrected chi connectivity index (χ4v) is 4.61. The van der Waals surface area contributed by atoms with Gasteiger partial charge in [0.15, 0.2) is 0 Å². The minimum Gasteiger partial charge on any atom is -0.507 e. The summed E-state index contributed by atoms with van der Waals surface area (Å²) < 4.78 is 26.1. The van der Waals surface area contributed by atoms with Crippen LogP contribution in [0.4, 0.5) is 4.39 Å². The second-order valence-electron chi connectivity index (χ2n) is 8.69. The highest BCUT2D eigenvalue weighted by atomic mass is 19.1. The maximum Gasteiger partial charge on any atom is 0.308 e. The van der Waals surface area contributed by atoms with Crippen LogP contribution in [0.1, 0.15) is 28.8 Å². The number of nitrogens with one attached hydrogen (secondary N) is 1. The van der Waals surface area contributed by atoms with Crippen molar-refractivity contribution in [3.05, 3.63) is 89.7 Å². The number of rotatable bonds is 6. The molecule has 3 aromatic rings. The van der Waals surface area contributed by atoms with Crippen molar-refractivity contribution in [1.29, 1.82) is 5.26 Å². The van der Waals surface area contributed by atoms with Crippen molar-refractivity contribution >= 4 is 11.9 Å². The van der Waals surface area contributed by atoms with Crippen molar-refractivity contribution in [2.24, 2.45) is 4.99 Å². The predicted molar refractivity (Wildman–Crippen MR) is 136 cm³/mol. The number of amidine groups is 1. The van der Waals surface area contributed by atoms with Crippen LogP contribution >= 0.6 is 0 Å². The number of hydrogen-bond donors (Lipinski definition) is 2. The van der Waals surface area contributed by atoms with Gasteiger partial charge in [0.25, 0.3) is 5.91 Å². The maximum absolute atomic E-state index is 15.0. The van der Waals surface area contributed by atoms with Gasteiger partial charge in [0.05, 0.1) is 7.11 Å². The zero-order chi connectivity index (χ0) is 26.3. The molecule has 1 aliphatic rings. The second kappa shape index (κ2) is 11.4. The van der Waals surface area contributed by atoms with E-state index in [9.17, 15) is 15.2 Å². The second-order valence-corrected chi connectivity index (χ2v) is 8.69. The molecule has 0 radical (unpaired) electrons. The molecule has 0 saturated carbocycles. The third kappa shape index (κ3) is 5.64. The van der Waals surface area contributed by atoms with Crippen LogP contribution < -0.4 is 14.8 Å². The lowest BCUT2D eigenvalue weighted by Crippen LogP contribution is -2.51. The summed E-state index contributed by atoms with van der Waals surface area (Å²) >= 11 is 0. The molecule has 8 nitrogen and oxygen atoms in total. The minimum atomic E-state index is -0.736. The number of benzene rings is 3.